The normalized spacial score (nSPS) is 9.29. The Labute approximate surface area is 44.3 Å². The van der Waals surface area contributed by atoms with Crippen LogP contribution in [-0.2, 0) is 0 Å². The number of hydrogen-bond donors (Lipinski definition) is 1. The topological polar surface area (TPSA) is 50.9 Å². The molecular weight excluding hydrogens is 117 g/mol. The quantitative estimate of drug-likeness (QED) is 0.496. The van der Waals surface area contributed by atoms with Crippen LogP contribution in [0.15, 0.2) is 6.20 Å². The highest BCUT2D eigenvalue weighted by Gasteiger charge is 1.91. The third kappa shape index (κ3) is 0.640. The Hall–Kier alpha value is -0.770. The standard InChI is InChI=1S/C2H2ClN3O/c3-2-1-4-5-6(2)7/h1,7H. The highest BCUT2D eigenvalue weighted by molar-refractivity contribution is 6.29. The Morgan fingerprint density at radius 1 is 1.86 bits per heavy atom. The molecule has 1 N–H and O–H groups in total. The Bertz CT molecular complexity index is 145. The molecule has 0 saturated carbocycles. The molecule has 1 aromatic rings. The fourth-order valence-corrected chi connectivity index (χ4v) is 0.294. The minimum Gasteiger partial charge on any atom is -0.409 e. The van der Waals surface area contributed by atoms with E-state index in [1.165, 1.54) is 6.20 Å². The van der Waals surface area contributed by atoms with Gasteiger partial charge in [0.1, 0.15) is 0 Å². The number of nitrogens with zero attached hydrogens (tertiary/aromatic N) is 3. The predicted molar refractivity (Wildman–Crippen MR) is 22.2 cm³/mol. The first kappa shape index (κ1) is 4.39. The highest BCUT2D eigenvalue weighted by atomic mass is 35.5. The van der Waals surface area contributed by atoms with Crippen molar-refractivity contribution in [3.05, 3.63) is 11.3 Å². The van der Waals surface area contributed by atoms with Crippen molar-refractivity contribution >= 4 is 11.6 Å². The highest BCUT2D eigenvalue weighted by Crippen LogP contribution is 1.98. The van der Waals surface area contributed by atoms with Gasteiger partial charge >= 0.3 is 0 Å². The van der Waals surface area contributed by atoms with E-state index in [9.17, 15) is 0 Å². The molecule has 7 heavy (non-hydrogen) atoms. The van der Waals surface area contributed by atoms with E-state index in [0.717, 1.165) is 0 Å². The summed E-state index contributed by atoms with van der Waals surface area (Å²) in [4.78, 5) is 0.488. The van der Waals surface area contributed by atoms with Gasteiger partial charge in [0.05, 0.1) is 6.20 Å². The van der Waals surface area contributed by atoms with E-state index in [2.05, 4.69) is 10.3 Å². The van der Waals surface area contributed by atoms with Crippen LogP contribution in [0.4, 0.5) is 0 Å². The minimum atomic E-state index is 0.111. The fourth-order valence-electron chi connectivity index (χ4n) is 0.217. The van der Waals surface area contributed by atoms with E-state index in [1.807, 2.05) is 0 Å². The van der Waals surface area contributed by atoms with Crippen LogP contribution in [0, 0.1) is 0 Å². The van der Waals surface area contributed by atoms with Gasteiger partial charge in [0.2, 0.25) is 0 Å². The minimum absolute atomic E-state index is 0.111. The smallest absolute Gasteiger partial charge is 0.188 e. The van der Waals surface area contributed by atoms with Crippen molar-refractivity contribution in [3.63, 3.8) is 0 Å². The van der Waals surface area contributed by atoms with E-state index in [1.54, 1.807) is 0 Å². The average molecular weight is 120 g/mol. The third-order valence-corrected chi connectivity index (χ3v) is 0.740. The van der Waals surface area contributed by atoms with Gasteiger partial charge < -0.3 is 5.21 Å². The Morgan fingerprint density at radius 2 is 2.57 bits per heavy atom. The fraction of sp³-hybridized carbons (Fsp3) is 0. The summed E-state index contributed by atoms with van der Waals surface area (Å²) in [7, 11) is 0. The summed E-state index contributed by atoms with van der Waals surface area (Å²) in [5.41, 5.74) is 0. The number of hydrogen-bond acceptors (Lipinski definition) is 3. The van der Waals surface area contributed by atoms with Crippen molar-refractivity contribution in [1.29, 1.82) is 0 Å². The zero-order valence-corrected chi connectivity index (χ0v) is 4.00. The molecule has 0 aliphatic heterocycles. The second kappa shape index (κ2) is 1.38. The second-order valence-corrected chi connectivity index (χ2v) is 1.33. The van der Waals surface area contributed by atoms with Crippen molar-refractivity contribution in [3.8, 4) is 0 Å². The van der Waals surface area contributed by atoms with Crippen LogP contribution in [-0.4, -0.2) is 20.4 Å². The lowest BCUT2D eigenvalue weighted by molar-refractivity contribution is 0.143. The first-order valence-corrected chi connectivity index (χ1v) is 1.94. The number of rotatable bonds is 0. The lowest BCUT2D eigenvalue weighted by Gasteiger charge is -1.80. The number of aromatic nitrogens is 3. The predicted octanol–water partition coefficient (Wildman–Crippen LogP) is 0.169. The first-order valence-electron chi connectivity index (χ1n) is 1.56. The summed E-state index contributed by atoms with van der Waals surface area (Å²) in [5.74, 6) is 0. The lowest BCUT2D eigenvalue weighted by Crippen LogP contribution is -1.90. The molecule has 1 aromatic heterocycles. The number of halogens is 1. The van der Waals surface area contributed by atoms with Gasteiger partial charge in [-0.05, 0) is 5.21 Å². The molecule has 38 valence electrons. The molecule has 0 spiro atoms. The van der Waals surface area contributed by atoms with E-state index in [4.69, 9.17) is 16.8 Å². The molecule has 1 rings (SSSR count). The van der Waals surface area contributed by atoms with E-state index < -0.39 is 0 Å². The van der Waals surface area contributed by atoms with Gasteiger partial charge in [0.25, 0.3) is 0 Å². The van der Waals surface area contributed by atoms with Crippen LogP contribution in [0.25, 0.3) is 0 Å². The van der Waals surface area contributed by atoms with E-state index in [0.29, 0.717) is 4.85 Å². The van der Waals surface area contributed by atoms with Crippen molar-refractivity contribution in [2.75, 3.05) is 0 Å². The second-order valence-electron chi connectivity index (χ2n) is 0.946. The summed E-state index contributed by atoms with van der Waals surface area (Å²) in [6.45, 7) is 0. The van der Waals surface area contributed by atoms with Gasteiger partial charge in [-0.2, -0.15) is 0 Å². The molecule has 4 nitrogen and oxygen atoms in total. The van der Waals surface area contributed by atoms with Crippen LogP contribution in [0.1, 0.15) is 0 Å². The van der Waals surface area contributed by atoms with Crippen LogP contribution < -0.4 is 0 Å². The van der Waals surface area contributed by atoms with E-state index >= 15 is 0 Å². The van der Waals surface area contributed by atoms with Crippen LogP contribution in [0.2, 0.25) is 5.15 Å². The largest absolute Gasteiger partial charge is 0.409 e. The maximum absolute atomic E-state index is 8.37. The Kier molecular flexibility index (Phi) is 0.867. The van der Waals surface area contributed by atoms with Crippen molar-refractivity contribution in [2.24, 2.45) is 0 Å². The van der Waals surface area contributed by atoms with Crippen LogP contribution >= 0.6 is 11.6 Å². The van der Waals surface area contributed by atoms with Crippen molar-refractivity contribution < 1.29 is 5.21 Å². The molecule has 5 heteroatoms. The molecule has 0 unspecified atom stereocenters. The zero-order chi connectivity index (χ0) is 5.28. The molecule has 1 heterocycles. The zero-order valence-electron chi connectivity index (χ0n) is 3.24. The summed E-state index contributed by atoms with van der Waals surface area (Å²) in [6.07, 6.45) is 1.24. The molecule has 0 bridgehead atoms. The molecule has 0 aromatic carbocycles. The lowest BCUT2D eigenvalue weighted by atomic mass is 10.9. The molecule has 0 fully saturated rings. The maximum atomic E-state index is 8.37. The molecule has 0 aliphatic carbocycles. The van der Waals surface area contributed by atoms with E-state index in [-0.39, 0.29) is 5.15 Å². The molecular formula is C2H2ClN3O. The summed E-state index contributed by atoms with van der Waals surface area (Å²) in [6, 6.07) is 0. The molecule has 0 saturated heterocycles. The SMILES string of the molecule is On1nncc1Cl. The van der Waals surface area contributed by atoms with Gasteiger partial charge in [-0.15, -0.1) is 5.10 Å². The average Bonchev–Trinajstić information content (AvgIpc) is 1.91. The summed E-state index contributed by atoms with van der Waals surface area (Å²) in [5, 5.41) is 14.8. The van der Waals surface area contributed by atoms with Crippen molar-refractivity contribution in [2.45, 2.75) is 0 Å². The van der Waals surface area contributed by atoms with Gasteiger partial charge in [-0.1, -0.05) is 16.4 Å². The summed E-state index contributed by atoms with van der Waals surface area (Å²) < 4.78 is 0. The Morgan fingerprint density at radius 3 is 2.71 bits per heavy atom. The van der Waals surface area contributed by atoms with Crippen LogP contribution in [0.5, 0.6) is 0 Å². The molecule has 0 aliphatic rings. The Balaban J connectivity index is 3.12. The maximum Gasteiger partial charge on any atom is 0.188 e. The van der Waals surface area contributed by atoms with Gasteiger partial charge in [-0.3, -0.25) is 0 Å². The molecule has 0 radical (unpaired) electrons. The monoisotopic (exact) mass is 119 g/mol. The van der Waals surface area contributed by atoms with Gasteiger partial charge in [-0.25, -0.2) is 0 Å². The molecule has 0 amide bonds. The van der Waals surface area contributed by atoms with Crippen molar-refractivity contribution in [1.82, 2.24) is 15.2 Å². The first-order chi connectivity index (χ1) is 3.30. The molecule has 0 atom stereocenters. The third-order valence-electron chi connectivity index (χ3n) is 0.492. The van der Waals surface area contributed by atoms with Crippen LogP contribution in [0.3, 0.4) is 0 Å². The van der Waals surface area contributed by atoms with Gasteiger partial charge in [0, 0.05) is 0 Å². The summed E-state index contributed by atoms with van der Waals surface area (Å²) >= 11 is 5.21. The van der Waals surface area contributed by atoms with Gasteiger partial charge in [0.15, 0.2) is 5.15 Å².